The Labute approximate surface area is 103 Å². The van der Waals surface area contributed by atoms with Crippen LogP contribution >= 0.6 is 0 Å². The Bertz CT molecular complexity index is 266. The monoisotopic (exact) mass is 241 g/mol. The third-order valence-electron chi connectivity index (χ3n) is 3.79. The Morgan fingerprint density at radius 3 is 2.94 bits per heavy atom. The molecule has 2 aliphatic rings. The molecule has 3 atom stereocenters. The van der Waals surface area contributed by atoms with Gasteiger partial charge >= 0.3 is 6.03 Å². The van der Waals surface area contributed by atoms with Crippen LogP contribution in [0.2, 0.25) is 0 Å². The highest BCUT2D eigenvalue weighted by Crippen LogP contribution is 2.22. The van der Waals surface area contributed by atoms with Crippen molar-refractivity contribution in [1.29, 1.82) is 0 Å². The highest BCUT2D eigenvalue weighted by atomic mass is 16.5. The molecular weight excluding hydrogens is 218 g/mol. The largest absolute Gasteiger partial charge is 0.379 e. The first-order valence-corrected chi connectivity index (χ1v) is 6.59. The number of rotatable bonds is 2. The molecule has 3 unspecified atom stereocenters. The van der Waals surface area contributed by atoms with Gasteiger partial charge in [-0.25, -0.2) is 4.79 Å². The number of nitrogens with one attached hydrogen (secondary N) is 1. The van der Waals surface area contributed by atoms with E-state index in [-0.39, 0.29) is 18.1 Å². The van der Waals surface area contributed by atoms with E-state index in [4.69, 9.17) is 10.5 Å². The number of likely N-dealkylation sites (tertiary alicyclic amines) is 1. The van der Waals surface area contributed by atoms with Gasteiger partial charge in [0.2, 0.25) is 0 Å². The zero-order chi connectivity index (χ0) is 12.3. The summed E-state index contributed by atoms with van der Waals surface area (Å²) in [4.78, 5) is 14.2. The van der Waals surface area contributed by atoms with Gasteiger partial charge in [0.25, 0.3) is 0 Å². The van der Waals surface area contributed by atoms with Crippen molar-refractivity contribution in [2.75, 3.05) is 19.8 Å². The third kappa shape index (κ3) is 2.90. The second kappa shape index (κ2) is 5.69. The lowest BCUT2D eigenvalue weighted by Gasteiger charge is -2.40. The summed E-state index contributed by atoms with van der Waals surface area (Å²) >= 11 is 0. The number of amides is 2. The van der Waals surface area contributed by atoms with Crippen molar-refractivity contribution < 1.29 is 9.53 Å². The first kappa shape index (κ1) is 12.6. The Kier molecular flexibility index (Phi) is 4.23. The van der Waals surface area contributed by atoms with Crippen LogP contribution in [0.25, 0.3) is 0 Å². The lowest BCUT2D eigenvalue weighted by Crippen LogP contribution is -2.56. The first-order chi connectivity index (χ1) is 8.22. The molecule has 0 saturated carbocycles. The minimum absolute atomic E-state index is 0.0307. The maximum atomic E-state index is 12.2. The Balaban J connectivity index is 1.94. The van der Waals surface area contributed by atoms with Crippen molar-refractivity contribution in [3.05, 3.63) is 0 Å². The lowest BCUT2D eigenvalue weighted by atomic mass is 9.97. The standard InChI is InChI=1S/C12H23N3O2/c1-9-3-2-4-11(7-13)15(9)12(16)14-10-5-6-17-8-10/h9-11H,2-8,13H2,1H3,(H,14,16). The van der Waals surface area contributed by atoms with Crippen LogP contribution in [0.5, 0.6) is 0 Å². The zero-order valence-corrected chi connectivity index (χ0v) is 10.5. The number of urea groups is 1. The van der Waals surface area contributed by atoms with E-state index in [2.05, 4.69) is 12.2 Å². The van der Waals surface area contributed by atoms with Gasteiger partial charge in [0.15, 0.2) is 0 Å². The number of piperidine rings is 1. The number of hydrogen-bond acceptors (Lipinski definition) is 3. The molecule has 0 aromatic rings. The van der Waals surface area contributed by atoms with Gasteiger partial charge in [-0.2, -0.15) is 0 Å². The Morgan fingerprint density at radius 1 is 1.47 bits per heavy atom. The van der Waals surface area contributed by atoms with Crippen LogP contribution in [0.1, 0.15) is 32.6 Å². The van der Waals surface area contributed by atoms with Crippen molar-refractivity contribution in [1.82, 2.24) is 10.2 Å². The molecule has 2 rings (SSSR count). The first-order valence-electron chi connectivity index (χ1n) is 6.59. The van der Waals surface area contributed by atoms with Crippen LogP contribution in [0.3, 0.4) is 0 Å². The van der Waals surface area contributed by atoms with Crippen molar-refractivity contribution in [2.24, 2.45) is 5.73 Å². The maximum Gasteiger partial charge on any atom is 0.318 e. The fraction of sp³-hybridized carbons (Fsp3) is 0.917. The van der Waals surface area contributed by atoms with Gasteiger partial charge in [-0.3, -0.25) is 0 Å². The van der Waals surface area contributed by atoms with Crippen molar-refractivity contribution in [2.45, 2.75) is 50.7 Å². The molecule has 2 heterocycles. The van der Waals surface area contributed by atoms with E-state index in [0.717, 1.165) is 25.9 Å². The molecule has 0 aromatic carbocycles. The minimum atomic E-state index is 0.0307. The summed E-state index contributed by atoms with van der Waals surface area (Å²) < 4.78 is 5.27. The second-order valence-electron chi connectivity index (χ2n) is 5.09. The summed E-state index contributed by atoms with van der Waals surface area (Å²) in [5.74, 6) is 0. The summed E-state index contributed by atoms with van der Waals surface area (Å²) in [5, 5.41) is 3.05. The van der Waals surface area contributed by atoms with Gasteiger partial charge < -0.3 is 20.7 Å². The summed E-state index contributed by atoms with van der Waals surface area (Å²) in [7, 11) is 0. The van der Waals surface area contributed by atoms with Gasteiger partial charge in [0.05, 0.1) is 12.6 Å². The van der Waals surface area contributed by atoms with E-state index in [9.17, 15) is 4.79 Å². The average Bonchev–Trinajstić information content (AvgIpc) is 2.81. The molecule has 2 aliphatic heterocycles. The molecular formula is C12H23N3O2. The molecule has 5 heteroatoms. The van der Waals surface area contributed by atoms with Gasteiger partial charge in [0.1, 0.15) is 0 Å². The molecule has 0 radical (unpaired) electrons. The molecule has 0 aromatic heterocycles. The highest BCUT2D eigenvalue weighted by Gasteiger charge is 2.32. The predicted molar refractivity (Wildman–Crippen MR) is 65.8 cm³/mol. The summed E-state index contributed by atoms with van der Waals surface area (Å²) in [6.45, 7) is 4.05. The SMILES string of the molecule is CC1CCCC(CN)N1C(=O)NC1CCOC1. The van der Waals surface area contributed by atoms with E-state index < -0.39 is 0 Å². The van der Waals surface area contributed by atoms with E-state index >= 15 is 0 Å². The molecule has 98 valence electrons. The van der Waals surface area contributed by atoms with E-state index in [1.165, 1.54) is 6.42 Å². The van der Waals surface area contributed by atoms with Crippen LogP contribution in [0.4, 0.5) is 4.79 Å². The number of hydrogen-bond donors (Lipinski definition) is 2. The molecule has 17 heavy (non-hydrogen) atoms. The summed E-state index contributed by atoms with van der Waals surface area (Å²) in [6.07, 6.45) is 4.18. The van der Waals surface area contributed by atoms with Crippen molar-refractivity contribution >= 4 is 6.03 Å². The minimum Gasteiger partial charge on any atom is -0.379 e. The Morgan fingerprint density at radius 2 is 2.29 bits per heavy atom. The van der Waals surface area contributed by atoms with Gasteiger partial charge in [-0.05, 0) is 32.6 Å². The normalized spacial score (nSPS) is 33.8. The van der Waals surface area contributed by atoms with Crippen molar-refractivity contribution in [3.63, 3.8) is 0 Å². The number of nitrogens with two attached hydrogens (primary N) is 1. The molecule has 5 nitrogen and oxygen atoms in total. The highest BCUT2D eigenvalue weighted by molar-refractivity contribution is 5.75. The molecule has 0 spiro atoms. The fourth-order valence-corrected chi connectivity index (χ4v) is 2.78. The van der Waals surface area contributed by atoms with Crippen LogP contribution in [-0.2, 0) is 4.74 Å². The average molecular weight is 241 g/mol. The molecule has 2 fully saturated rings. The quantitative estimate of drug-likeness (QED) is 0.747. The van der Waals surface area contributed by atoms with Gasteiger partial charge in [-0.15, -0.1) is 0 Å². The molecule has 0 aliphatic carbocycles. The van der Waals surface area contributed by atoms with Crippen LogP contribution in [0.15, 0.2) is 0 Å². The van der Waals surface area contributed by atoms with E-state index in [1.54, 1.807) is 0 Å². The van der Waals surface area contributed by atoms with Crippen molar-refractivity contribution in [3.8, 4) is 0 Å². The summed E-state index contributed by atoms with van der Waals surface area (Å²) in [6, 6.07) is 0.693. The molecule has 2 saturated heterocycles. The Hall–Kier alpha value is -0.810. The van der Waals surface area contributed by atoms with Gasteiger partial charge in [0, 0.05) is 25.2 Å². The number of carbonyl (C=O) groups excluding carboxylic acids is 1. The van der Waals surface area contributed by atoms with E-state index in [1.807, 2.05) is 4.90 Å². The molecule has 3 N–H and O–H groups in total. The topological polar surface area (TPSA) is 67.6 Å². The van der Waals surface area contributed by atoms with Crippen LogP contribution in [0, 0.1) is 0 Å². The number of nitrogens with zero attached hydrogens (tertiary/aromatic N) is 1. The second-order valence-corrected chi connectivity index (χ2v) is 5.09. The summed E-state index contributed by atoms with van der Waals surface area (Å²) in [5.41, 5.74) is 5.76. The predicted octanol–water partition coefficient (Wildman–Crippen LogP) is 0.687. The fourth-order valence-electron chi connectivity index (χ4n) is 2.78. The number of ether oxygens (including phenoxy) is 1. The van der Waals surface area contributed by atoms with E-state index in [0.29, 0.717) is 19.2 Å². The number of carbonyl (C=O) groups is 1. The smallest absolute Gasteiger partial charge is 0.318 e. The third-order valence-corrected chi connectivity index (χ3v) is 3.79. The van der Waals surface area contributed by atoms with Gasteiger partial charge in [-0.1, -0.05) is 0 Å². The van der Waals surface area contributed by atoms with Crippen LogP contribution in [-0.4, -0.2) is 48.8 Å². The lowest BCUT2D eigenvalue weighted by molar-refractivity contribution is 0.114. The molecule has 2 amide bonds. The zero-order valence-electron chi connectivity index (χ0n) is 10.5. The molecule has 0 bridgehead atoms. The maximum absolute atomic E-state index is 12.2. The van der Waals surface area contributed by atoms with Crippen LogP contribution < -0.4 is 11.1 Å².